The maximum atomic E-state index is 12.3. The smallest absolute Gasteiger partial charge is 0.409 e. The first-order valence-corrected chi connectivity index (χ1v) is 9.04. The molecule has 25 heavy (non-hydrogen) atoms. The molecule has 142 valence electrons. The number of piperidine rings is 1. The topological polar surface area (TPSA) is 88.2 Å². The lowest BCUT2D eigenvalue weighted by Gasteiger charge is -2.36. The second kappa shape index (κ2) is 9.60. The van der Waals surface area contributed by atoms with E-state index in [0.29, 0.717) is 39.4 Å². The molecule has 0 aliphatic carbocycles. The Kier molecular flexibility index (Phi) is 7.49. The molecule has 0 aromatic carbocycles. The number of nitrogens with zero attached hydrogens (tertiary/aromatic N) is 2. The number of amides is 3. The lowest BCUT2D eigenvalue weighted by atomic mass is 10.0. The van der Waals surface area contributed by atoms with Gasteiger partial charge in [0.15, 0.2) is 0 Å². The molecule has 1 unspecified atom stereocenters. The van der Waals surface area contributed by atoms with Crippen LogP contribution in [-0.2, 0) is 19.1 Å². The van der Waals surface area contributed by atoms with Crippen LogP contribution in [0.4, 0.5) is 4.79 Å². The summed E-state index contributed by atoms with van der Waals surface area (Å²) in [6.07, 6.45) is 2.20. The van der Waals surface area contributed by atoms with E-state index in [0.717, 1.165) is 19.3 Å². The normalized spacial score (nSPS) is 21.5. The summed E-state index contributed by atoms with van der Waals surface area (Å²) in [6, 6.07) is 0.101. The average Bonchev–Trinajstić information content (AvgIpc) is 3.01. The molecule has 1 atom stereocenters. The molecule has 2 heterocycles. The Hall–Kier alpha value is -1.83. The monoisotopic (exact) mass is 355 g/mol. The summed E-state index contributed by atoms with van der Waals surface area (Å²) in [5, 5.41) is 2.87. The molecule has 0 radical (unpaired) electrons. The van der Waals surface area contributed by atoms with E-state index < -0.39 is 0 Å². The summed E-state index contributed by atoms with van der Waals surface area (Å²) < 4.78 is 9.96. The van der Waals surface area contributed by atoms with Crippen molar-refractivity contribution in [1.29, 1.82) is 0 Å². The van der Waals surface area contributed by atoms with Gasteiger partial charge < -0.3 is 24.6 Å². The van der Waals surface area contributed by atoms with Gasteiger partial charge in [-0.1, -0.05) is 0 Å². The molecule has 0 saturated carbocycles. The number of carbonyl (C=O) groups excluding carboxylic acids is 3. The predicted octanol–water partition coefficient (Wildman–Crippen LogP) is 0.609. The van der Waals surface area contributed by atoms with Gasteiger partial charge in [-0.2, -0.15) is 0 Å². The van der Waals surface area contributed by atoms with Gasteiger partial charge in [-0.05, 0) is 26.2 Å². The van der Waals surface area contributed by atoms with Crippen LogP contribution in [0.25, 0.3) is 0 Å². The van der Waals surface area contributed by atoms with Gasteiger partial charge in [0.2, 0.25) is 11.8 Å². The third kappa shape index (κ3) is 5.32. The fourth-order valence-electron chi connectivity index (χ4n) is 3.41. The van der Waals surface area contributed by atoms with E-state index in [2.05, 4.69) is 5.32 Å². The molecule has 0 spiro atoms. The molecule has 0 bridgehead atoms. The number of nitrogens with one attached hydrogen (secondary N) is 1. The van der Waals surface area contributed by atoms with E-state index >= 15 is 0 Å². The summed E-state index contributed by atoms with van der Waals surface area (Å²) in [6.45, 7) is 4.96. The Morgan fingerprint density at radius 2 is 2.00 bits per heavy atom. The zero-order valence-electron chi connectivity index (χ0n) is 15.2. The van der Waals surface area contributed by atoms with Crippen LogP contribution in [0.5, 0.6) is 0 Å². The molecule has 8 heteroatoms. The highest BCUT2D eigenvalue weighted by Crippen LogP contribution is 2.26. The summed E-state index contributed by atoms with van der Waals surface area (Å²) >= 11 is 0. The minimum atomic E-state index is -0.290. The maximum absolute atomic E-state index is 12.3. The SMILES string of the molecule is CCOC(=O)N1CCC(N2CC(C(=O)NCCCOC)CC2=O)CC1. The zero-order valence-corrected chi connectivity index (χ0v) is 15.2. The van der Waals surface area contributed by atoms with Crippen LogP contribution in [-0.4, -0.2) is 80.3 Å². The van der Waals surface area contributed by atoms with E-state index in [1.165, 1.54) is 0 Å². The molecule has 0 aromatic rings. The van der Waals surface area contributed by atoms with Crippen LogP contribution in [0.15, 0.2) is 0 Å². The molecule has 3 amide bonds. The van der Waals surface area contributed by atoms with Gasteiger partial charge in [0.25, 0.3) is 0 Å². The second-order valence-corrected chi connectivity index (χ2v) is 6.50. The van der Waals surface area contributed by atoms with Gasteiger partial charge in [0.05, 0.1) is 12.5 Å². The number of methoxy groups -OCH3 is 1. The first-order chi connectivity index (χ1) is 12.1. The van der Waals surface area contributed by atoms with Crippen molar-refractivity contribution in [2.75, 3.05) is 46.5 Å². The van der Waals surface area contributed by atoms with Crippen LogP contribution in [0, 0.1) is 5.92 Å². The van der Waals surface area contributed by atoms with Gasteiger partial charge in [0.1, 0.15) is 0 Å². The van der Waals surface area contributed by atoms with Crippen LogP contribution in [0.2, 0.25) is 0 Å². The highest BCUT2D eigenvalue weighted by atomic mass is 16.6. The van der Waals surface area contributed by atoms with Crippen molar-refractivity contribution in [3.05, 3.63) is 0 Å². The Bertz CT molecular complexity index is 477. The predicted molar refractivity (Wildman–Crippen MR) is 90.9 cm³/mol. The first-order valence-electron chi connectivity index (χ1n) is 9.04. The molecule has 2 saturated heterocycles. The lowest BCUT2D eigenvalue weighted by Crippen LogP contribution is -2.47. The average molecular weight is 355 g/mol. The van der Waals surface area contributed by atoms with Gasteiger partial charge in [-0.25, -0.2) is 4.79 Å². The van der Waals surface area contributed by atoms with Crippen molar-refractivity contribution in [3.8, 4) is 0 Å². The standard InChI is InChI=1S/C17H29N3O5/c1-3-25-17(23)19-8-5-14(6-9-19)20-12-13(11-15(20)21)16(22)18-7-4-10-24-2/h13-14H,3-12H2,1-2H3,(H,18,22). The van der Waals surface area contributed by atoms with Crippen molar-refractivity contribution < 1.29 is 23.9 Å². The van der Waals surface area contributed by atoms with Crippen molar-refractivity contribution in [3.63, 3.8) is 0 Å². The van der Waals surface area contributed by atoms with Crippen LogP contribution in [0.3, 0.4) is 0 Å². The van der Waals surface area contributed by atoms with Gasteiger partial charge in [0, 0.05) is 52.4 Å². The largest absolute Gasteiger partial charge is 0.450 e. The number of likely N-dealkylation sites (tertiary alicyclic amines) is 2. The Morgan fingerprint density at radius 1 is 1.28 bits per heavy atom. The van der Waals surface area contributed by atoms with Crippen molar-refractivity contribution in [2.45, 2.75) is 38.6 Å². The zero-order chi connectivity index (χ0) is 18.2. The number of ether oxygens (including phenoxy) is 2. The van der Waals surface area contributed by atoms with Crippen LogP contribution >= 0.6 is 0 Å². The fourth-order valence-corrected chi connectivity index (χ4v) is 3.41. The van der Waals surface area contributed by atoms with Crippen molar-refractivity contribution in [2.24, 2.45) is 5.92 Å². The third-order valence-corrected chi connectivity index (χ3v) is 4.78. The lowest BCUT2D eigenvalue weighted by molar-refractivity contribution is -0.131. The minimum Gasteiger partial charge on any atom is -0.450 e. The van der Waals surface area contributed by atoms with Gasteiger partial charge in [-0.3, -0.25) is 9.59 Å². The quantitative estimate of drug-likeness (QED) is 0.676. The minimum absolute atomic E-state index is 0.0339. The van der Waals surface area contributed by atoms with E-state index in [1.54, 1.807) is 18.9 Å². The Morgan fingerprint density at radius 3 is 2.64 bits per heavy atom. The number of rotatable bonds is 7. The van der Waals surface area contributed by atoms with Gasteiger partial charge >= 0.3 is 6.09 Å². The summed E-state index contributed by atoms with van der Waals surface area (Å²) in [4.78, 5) is 39.7. The van der Waals surface area contributed by atoms with Gasteiger partial charge in [-0.15, -0.1) is 0 Å². The second-order valence-electron chi connectivity index (χ2n) is 6.50. The van der Waals surface area contributed by atoms with E-state index in [9.17, 15) is 14.4 Å². The summed E-state index contributed by atoms with van der Waals surface area (Å²) in [5.74, 6) is -0.305. The molecule has 2 fully saturated rings. The number of hydrogen-bond donors (Lipinski definition) is 1. The molecule has 0 aromatic heterocycles. The Labute approximate surface area is 148 Å². The highest BCUT2D eigenvalue weighted by Gasteiger charge is 2.39. The molecule has 1 N–H and O–H groups in total. The molecular weight excluding hydrogens is 326 g/mol. The van der Waals surface area contributed by atoms with Crippen molar-refractivity contribution in [1.82, 2.24) is 15.1 Å². The Balaban J connectivity index is 1.77. The van der Waals surface area contributed by atoms with Crippen molar-refractivity contribution >= 4 is 17.9 Å². The summed E-state index contributed by atoms with van der Waals surface area (Å²) in [7, 11) is 1.63. The van der Waals surface area contributed by atoms with E-state index in [1.807, 2.05) is 4.90 Å². The molecule has 8 nitrogen and oxygen atoms in total. The first kappa shape index (κ1) is 19.5. The van der Waals surface area contributed by atoms with E-state index in [4.69, 9.17) is 9.47 Å². The number of hydrogen-bond acceptors (Lipinski definition) is 5. The molecular formula is C17H29N3O5. The highest BCUT2D eigenvalue weighted by molar-refractivity contribution is 5.89. The maximum Gasteiger partial charge on any atom is 0.409 e. The summed E-state index contributed by atoms with van der Waals surface area (Å²) in [5.41, 5.74) is 0. The number of carbonyl (C=O) groups is 3. The third-order valence-electron chi connectivity index (χ3n) is 4.78. The molecule has 2 aliphatic heterocycles. The molecule has 2 rings (SSSR count). The fraction of sp³-hybridized carbons (Fsp3) is 0.824. The van der Waals surface area contributed by atoms with Crippen LogP contribution < -0.4 is 5.32 Å². The van der Waals surface area contributed by atoms with E-state index in [-0.39, 0.29) is 36.3 Å². The molecule has 2 aliphatic rings. The van der Waals surface area contributed by atoms with Crippen LogP contribution in [0.1, 0.15) is 32.6 Å².